The molecule has 2 nitrogen and oxygen atoms in total. The fourth-order valence-electron chi connectivity index (χ4n) is 0.299. The maximum absolute atomic E-state index is 4.03. The fraction of sp³-hybridized carbons (Fsp3) is 0.571. The van der Waals surface area contributed by atoms with Gasteiger partial charge in [0.15, 0.2) is 0 Å². The summed E-state index contributed by atoms with van der Waals surface area (Å²) in [5, 5.41) is 5.80. The summed E-state index contributed by atoms with van der Waals surface area (Å²) in [6.45, 7) is 5.67. The van der Waals surface area contributed by atoms with Crippen LogP contribution in [0.25, 0.3) is 0 Å². The van der Waals surface area contributed by atoms with E-state index in [1.165, 1.54) is 0 Å². The molecule has 0 bridgehead atoms. The Bertz CT molecular complexity index is 105. The molecule has 9 heavy (non-hydrogen) atoms. The molecule has 1 atom stereocenters. The number of allylic oxidation sites excluding steroid dienone is 1. The minimum absolute atomic E-state index is 0.368. The van der Waals surface area contributed by atoms with Gasteiger partial charge in [-0.05, 0) is 0 Å². The van der Waals surface area contributed by atoms with Crippen LogP contribution in [0.3, 0.4) is 0 Å². The fourth-order valence-corrected chi connectivity index (χ4v) is 0.299. The number of hydrogen-bond donors (Lipinski definition) is 0. The van der Waals surface area contributed by atoms with Crippen molar-refractivity contribution in [3.05, 3.63) is 12.7 Å². The Balaban J connectivity index is 3.56. The molecular formula is C7H14N2. The predicted octanol–water partition coefficient (Wildman–Crippen LogP) is 1.36. The van der Waals surface area contributed by atoms with Gasteiger partial charge in [-0.1, -0.05) is 13.0 Å². The first-order valence-electron chi connectivity index (χ1n) is 3.00. The number of hydrogen-bond acceptors (Lipinski definition) is 2. The first-order chi connectivity index (χ1) is 4.16. The third kappa shape index (κ3) is 5.07. The summed E-state index contributed by atoms with van der Waals surface area (Å²) < 4.78 is 0. The molecule has 0 aliphatic carbocycles. The summed E-state index contributed by atoms with van der Waals surface area (Å²) in [7, 11) is 3.79. The van der Waals surface area contributed by atoms with Crippen LogP contribution < -0.4 is 0 Å². The van der Waals surface area contributed by atoms with Gasteiger partial charge in [0.05, 0.1) is 0 Å². The van der Waals surface area contributed by atoms with Gasteiger partial charge in [0.1, 0.15) is 0 Å². The zero-order valence-corrected chi connectivity index (χ0v) is 6.33. The molecule has 1 unspecified atom stereocenters. The van der Waals surface area contributed by atoms with Crippen LogP contribution in [0.4, 0.5) is 0 Å². The molecule has 0 aromatic heterocycles. The van der Waals surface area contributed by atoms with Crippen LogP contribution in [0.2, 0.25) is 0 Å². The van der Waals surface area contributed by atoms with E-state index >= 15 is 0 Å². The second-order valence-corrected chi connectivity index (χ2v) is 2.21. The first-order valence-corrected chi connectivity index (χ1v) is 3.00. The average Bonchev–Trinajstić information content (AvgIpc) is 1.83. The Labute approximate surface area is 56.9 Å². The Morgan fingerprint density at radius 1 is 1.56 bits per heavy atom. The molecule has 0 saturated heterocycles. The normalized spacial score (nSPS) is 13.7. The van der Waals surface area contributed by atoms with Gasteiger partial charge < -0.3 is 5.01 Å². The topological polar surface area (TPSA) is 15.6 Å². The summed E-state index contributed by atoms with van der Waals surface area (Å²) in [6.07, 6.45) is 3.71. The zero-order valence-electron chi connectivity index (χ0n) is 6.33. The van der Waals surface area contributed by atoms with Gasteiger partial charge in [0.2, 0.25) is 0 Å². The molecule has 52 valence electrons. The van der Waals surface area contributed by atoms with Gasteiger partial charge >= 0.3 is 0 Å². The van der Waals surface area contributed by atoms with Crippen molar-refractivity contribution in [3.63, 3.8) is 0 Å². The van der Waals surface area contributed by atoms with Gasteiger partial charge in [-0.15, -0.1) is 6.58 Å². The van der Waals surface area contributed by atoms with Gasteiger partial charge in [0.25, 0.3) is 0 Å². The van der Waals surface area contributed by atoms with Crippen LogP contribution in [0, 0.1) is 5.92 Å². The zero-order chi connectivity index (χ0) is 7.28. The Morgan fingerprint density at radius 2 is 2.11 bits per heavy atom. The maximum Gasteiger partial charge on any atom is 0.0310 e. The molecule has 0 saturated carbocycles. The molecule has 0 heterocycles. The molecule has 0 fully saturated rings. The monoisotopic (exact) mass is 126 g/mol. The lowest BCUT2D eigenvalue weighted by molar-refractivity contribution is 0.438. The van der Waals surface area contributed by atoms with Crippen molar-refractivity contribution >= 4 is 6.21 Å². The highest BCUT2D eigenvalue weighted by molar-refractivity contribution is 5.61. The molecule has 2 heteroatoms. The van der Waals surface area contributed by atoms with E-state index in [9.17, 15) is 0 Å². The van der Waals surface area contributed by atoms with Crippen LogP contribution in [0.1, 0.15) is 6.92 Å². The van der Waals surface area contributed by atoms with E-state index in [-0.39, 0.29) is 0 Å². The molecule has 0 spiro atoms. The molecule has 0 aliphatic rings. The Hall–Kier alpha value is -0.790. The minimum Gasteiger partial charge on any atom is -0.303 e. The van der Waals surface area contributed by atoms with E-state index in [1.807, 2.05) is 33.3 Å². The minimum atomic E-state index is 0.368. The van der Waals surface area contributed by atoms with Crippen molar-refractivity contribution < 1.29 is 0 Å². The number of nitrogens with zero attached hydrogens (tertiary/aromatic N) is 2. The van der Waals surface area contributed by atoms with Crippen LogP contribution >= 0.6 is 0 Å². The summed E-state index contributed by atoms with van der Waals surface area (Å²) >= 11 is 0. The van der Waals surface area contributed by atoms with E-state index in [4.69, 9.17) is 0 Å². The predicted molar refractivity (Wildman–Crippen MR) is 41.5 cm³/mol. The second-order valence-electron chi connectivity index (χ2n) is 2.21. The van der Waals surface area contributed by atoms with Crippen molar-refractivity contribution in [2.75, 3.05) is 14.1 Å². The van der Waals surface area contributed by atoms with Crippen LogP contribution in [0.15, 0.2) is 17.8 Å². The standard InChI is InChI=1S/C7H14N2/c1-5-7(2)6-8-9(3)4/h5-7H,1H2,2-4H3/b8-6-. The van der Waals surface area contributed by atoms with E-state index in [0.717, 1.165) is 0 Å². The van der Waals surface area contributed by atoms with Gasteiger partial charge in [-0.25, -0.2) is 0 Å². The van der Waals surface area contributed by atoms with E-state index < -0.39 is 0 Å². The molecule has 0 N–H and O–H groups in total. The van der Waals surface area contributed by atoms with Gasteiger partial charge in [-0.3, -0.25) is 0 Å². The van der Waals surface area contributed by atoms with E-state index in [2.05, 4.69) is 11.7 Å². The van der Waals surface area contributed by atoms with Crippen molar-refractivity contribution in [2.45, 2.75) is 6.92 Å². The third-order valence-corrected chi connectivity index (χ3v) is 0.905. The average molecular weight is 126 g/mol. The van der Waals surface area contributed by atoms with Crippen LogP contribution in [-0.4, -0.2) is 25.3 Å². The van der Waals surface area contributed by atoms with Crippen molar-refractivity contribution in [1.82, 2.24) is 5.01 Å². The van der Waals surface area contributed by atoms with Gasteiger partial charge in [-0.2, -0.15) is 5.10 Å². The van der Waals surface area contributed by atoms with E-state index in [1.54, 1.807) is 5.01 Å². The lowest BCUT2D eigenvalue weighted by atomic mass is 10.2. The lowest BCUT2D eigenvalue weighted by Gasteiger charge is -2.03. The molecule has 0 aliphatic heterocycles. The largest absolute Gasteiger partial charge is 0.303 e. The molecule has 0 aromatic rings. The van der Waals surface area contributed by atoms with Gasteiger partial charge in [0, 0.05) is 26.2 Å². The summed E-state index contributed by atoms with van der Waals surface area (Å²) in [6, 6.07) is 0. The summed E-state index contributed by atoms with van der Waals surface area (Å²) in [5.41, 5.74) is 0. The SMILES string of the molecule is C=CC(C)/C=N\N(C)C. The Morgan fingerprint density at radius 3 is 2.44 bits per heavy atom. The van der Waals surface area contributed by atoms with Crippen molar-refractivity contribution in [2.24, 2.45) is 11.0 Å². The first kappa shape index (κ1) is 8.21. The molecular weight excluding hydrogens is 112 g/mol. The van der Waals surface area contributed by atoms with Crippen LogP contribution in [0.5, 0.6) is 0 Å². The number of hydrazone groups is 1. The molecule has 0 radical (unpaired) electrons. The highest BCUT2D eigenvalue weighted by Gasteiger charge is 1.86. The van der Waals surface area contributed by atoms with Crippen LogP contribution in [-0.2, 0) is 0 Å². The molecule has 0 rings (SSSR count). The highest BCUT2D eigenvalue weighted by atomic mass is 15.4. The maximum atomic E-state index is 4.03. The van der Waals surface area contributed by atoms with E-state index in [0.29, 0.717) is 5.92 Å². The lowest BCUT2D eigenvalue weighted by Crippen LogP contribution is -2.03. The van der Waals surface area contributed by atoms with Crippen molar-refractivity contribution in [3.8, 4) is 0 Å². The number of rotatable bonds is 3. The van der Waals surface area contributed by atoms with Crippen molar-refractivity contribution in [1.29, 1.82) is 0 Å². The quantitative estimate of drug-likeness (QED) is 0.316. The smallest absolute Gasteiger partial charge is 0.0310 e. The molecule has 0 amide bonds. The molecule has 0 aromatic carbocycles. The summed E-state index contributed by atoms with van der Waals surface area (Å²) in [5.74, 6) is 0.368. The second kappa shape index (κ2) is 4.13. The Kier molecular flexibility index (Phi) is 3.76. The summed E-state index contributed by atoms with van der Waals surface area (Å²) in [4.78, 5) is 0. The highest BCUT2D eigenvalue weighted by Crippen LogP contribution is 1.89. The third-order valence-electron chi connectivity index (χ3n) is 0.905.